The first-order valence-corrected chi connectivity index (χ1v) is 8.68. The number of hydrogen-bond acceptors (Lipinski definition) is 4. The number of fused-ring (bicyclic) bond motifs is 1. The highest BCUT2D eigenvalue weighted by Crippen LogP contribution is 2.34. The first kappa shape index (κ1) is 17.8. The van der Waals surface area contributed by atoms with Gasteiger partial charge in [0.2, 0.25) is 0 Å². The van der Waals surface area contributed by atoms with Gasteiger partial charge in [0.05, 0.1) is 24.8 Å². The van der Waals surface area contributed by atoms with Crippen LogP contribution in [0.4, 0.5) is 0 Å². The van der Waals surface area contributed by atoms with Gasteiger partial charge in [0.25, 0.3) is 5.91 Å². The van der Waals surface area contributed by atoms with E-state index in [9.17, 15) is 4.79 Å². The molecule has 0 fully saturated rings. The summed E-state index contributed by atoms with van der Waals surface area (Å²) < 4.78 is 10.9. The fourth-order valence-electron chi connectivity index (χ4n) is 3.40. The van der Waals surface area contributed by atoms with Crippen LogP contribution in [0.2, 0.25) is 0 Å². The highest BCUT2D eigenvalue weighted by molar-refractivity contribution is 5.78. The summed E-state index contributed by atoms with van der Waals surface area (Å²) in [6, 6.07) is 15.3. The van der Waals surface area contributed by atoms with E-state index in [1.54, 1.807) is 23.1 Å². The van der Waals surface area contributed by atoms with Crippen molar-refractivity contribution in [1.82, 2.24) is 4.90 Å². The van der Waals surface area contributed by atoms with Crippen LogP contribution in [0.25, 0.3) is 0 Å². The molecule has 134 valence electrons. The molecule has 26 heavy (non-hydrogen) atoms. The van der Waals surface area contributed by atoms with Crippen molar-refractivity contribution in [3.8, 4) is 17.6 Å². The summed E-state index contributed by atoms with van der Waals surface area (Å²) >= 11 is 0. The molecule has 0 aromatic heterocycles. The van der Waals surface area contributed by atoms with Crippen LogP contribution in [0.15, 0.2) is 42.5 Å². The lowest BCUT2D eigenvalue weighted by molar-refractivity contribution is -0.134. The maximum absolute atomic E-state index is 12.7. The van der Waals surface area contributed by atoms with Crippen LogP contribution in [-0.4, -0.2) is 31.6 Å². The lowest BCUT2D eigenvalue weighted by atomic mass is 9.87. The molecule has 0 N–H and O–H groups in total. The molecule has 3 rings (SSSR count). The zero-order chi connectivity index (χ0) is 18.5. The van der Waals surface area contributed by atoms with Crippen LogP contribution in [0.5, 0.6) is 11.5 Å². The minimum atomic E-state index is -0.0851. The number of likely N-dealkylation sites (N-methyl/N-ethyl adjacent to an activating group) is 1. The molecule has 2 aromatic rings. The Bertz CT molecular complexity index is 841. The molecule has 0 spiro atoms. The Labute approximate surface area is 153 Å². The average Bonchev–Trinajstić information content (AvgIpc) is 2.70. The second kappa shape index (κ2) is 7.92. The van der Waals surface area contributed by atoms with E-state index in [0.29, 0.717) is 17.1 Å². The van der Waals surface area contributed by atoms with Crippen LogP contribution >= 0.6 is 0 Å². The molecule has 1 aliphatic rings. The van der Waals surface area contributed by atoms with Gasteiger partial charge in [-0.25, -0.2) is 0 Å². The van der Waals surface area contributed by atoms with Crippen LogP contribution in [-0.2, 0) is 11.2 Å². The molecule has 1 atom stereocenters. The van der Waals surface area contributed by atoms with Crippen LogP contribution in [0.3, 0.4) is 0 Å². The topological polar surface area (TPSA) is 62.6 Å². The van der Waals surface area contributed by atoms with Gasteiger partial charge in [0, 0.05) is 13.1 Å². The van der Waals surface area contributed by atoms with Crippen molar-refractivity contribution in [2.45, 2.75) is 25.3 Å². The third kappa shape index (κ3) is 3.65. The van der Waals surface area contributed by atoms with Crippen LogP contribution < -0.4 is 9.47 Å². The van der Waals surface area contributed by atoms with E-state index in [2.05, 4.69) is 18.2 Å². The van der Waals surface area contributed by atoms with E-state index >= 15 is 0 Å². The molecule has 2 aromatic carbocycles. The molecule has 0 saturated carbocycles. The molecule has 5 nitrogen and oxygen atoms in total. The highest BCUT2D eigenvalue weighted by Gasteiger charge is 2.26. The van der Waals surface area contributed by atoms with Gasteiger partial charge in [-0.1, -0.05) is 24.3 Å². The van der Waals surface area contributed by atoms with Gasteiger partial charge in [-0.3, -0.25) is 4.79 Å². The van der Waals surface area contributed by atoms with Gasteiger partial charge in [-0.2, -0.15) is 5.26 Å². The fourth-order valence-corrected chi connectivity index (χ4v) is 3.40. The maximum Gasteiger partial charge on any atom is 0.260 e. The van der Waals surface area contributed by atoms with Gasteiger partial charge in [-0.15, -0.1) is 0 Å². The summed E-state index contributed by atoms with van der Waals surface area (Å²) in [5.74, 6) is 0.818. The minimum absolute atomic E-state index is 0.0720. The number of aryl methyl sites for hydroxylation is 1. The zero-order valence-electron chi connectivity index (χ0n) is 15.1. The molecule has 0 bridgehead atoms. The number of nitrogens with zero attached hydrogens (tertiary/aromatic N) is 2. The third-order valence-corrected chi connectivity index (χ3v) is 4.84. The van der Waals surface area contributed by atoms with Gasteiger partial charge in [0.1, 0.15) is 0 Å². The first-order chi connectivity index (χ1) is 12.6. The second-order valence-corrected chi connectivity index (χ2v) is 6.38. The number of ether oxygens (including phenoxy) is 2. The zero-order valence-corrected chi connectivity index (χ0v) is 15.1. The van der Waals surface area contributed by atoms with Crippen LogP contribution in [0.1, 0.15) is 35.6 Å². The Balaban J connectivity index is 1.69. The molecule has 0 unspecified atom stereocenters. The number of rotatable bonds is 5. The summed E-state index contributed by atoms with van der Waals surface area (Å²) in [6.45, 7) is -0.0720. The molecule has 0 radical (unpaired) electrons. The molecular formula is C21H22N2O3. The normalized spacial score (nSPS) is 15.5. The fraction of sp³-hybridized carbons (Fsp3) is 0.333. The monoisotopic (exact) mass is 350 g/mol. The lowest BCUT2D eigenvalue weighted by Gasteiger charge is -2.33. The number of amides is 1. The first-order valence-electron chi connectivity index (χ1n) is 8.68. The number of carbonyl (C=O) groups is 1. The summed E-state index contributed by atoms with van der Waals surface area (Å²) in [5.41, 5.74) is 3.03. The third-order valence-electron chi connectivity index (χ3n) is 4.84. The Morgan fingerprint density at radius 1 is 1.27 bits per heavy atom. The summed E-state index contributed by atoms with van der Waals surface area (Å²) in [5, 5.41) is 8.96. The van der Waals surface area contributed by atoms with Crippen molar-refractivity contribution in [1.29, 1.82) is 5.26 Å². The van der Waals surface area contributed by atoms with E-state index in [1.165, 1.54) is 18.2 Å². The summed E-state index contributed by atoms with van der Waals surface area (Å²) in [4.78, 5) is 14.4. The molecule has 1 amide bonds. The minimum Gasteiger partial charge on any atom is -0.493 e. The Hall–Kier alpha value is -3.00. The van der Waals surface area contributed by atoms with Crippen molar-refractivity contribution in [3.63, 3.8) is 0 Å². The lowest BCUT2D eigenvalue weighted by Crippen LogP contribution is -2.36. The molecule has 0 saturated heterocycles. The summed E-state index contributed by atoms with van der Waals surface area (Å²) in [6.07, 6.45) is 3.09. The Morgan fingerprint density at radius 2 is 2.08 bits per heavy atom. The van der Waals surface area contributed by atoms with E-state index in [1.807, 2.05) is 19.2 Å². The SMILES string of the molecule is COc1cc(C#N)ccc1OCC(=O)N(C)[C@@H]1CCCc2ccccc21. The highest BCUT2D eigenvalue weighted by atomic mass is 16.5. The number of nitriles is 1. The summed E-state index contributed by atoms with van der Waals surface area (Å²) in [7, 11) is 3.34. The molecule has 0 aliphatic heterocycles. The van der Waals surface area contributed by atoms with E-state index in [4.69, 9.17) is 14.7 Å². The van der Waals surface area contributed by atoms with Crippen molar-refractivity contribution < 1.29 is 14.3 Å². The largest absolute Gasteiger partial charge is 0.493 e. The average molecular weight is 350 g/mol. The van der Waals surface area contributed by atoms with Gasteiger partial charge in [0.15, 0.2) is 18.1 Å². The van der Waals surface area contributed by atoms with E-state index < -0.39 is 0 Å². The van der Waals surface area contributed by atoms with Gasteiger partial charge in [-0.05, 0) is 42.5 Å². The number of methoxy groups -OCH3 is 1. The molecule has 5 heteroatoms. The second-order valence-electron chi connectivity index (χ2n) is 6.38. The Morgan fingerprint density at radius 3 is 2.85 bits per heavy atom. The predicted molar refractivity (Wildman–Crippen MR) is 98.1 cm³/mol. The van der Waals surface area contributed by atoms with Crippen molar-refractivity contribution >= 4 is 5.91 Å². The van der Waals surface area contributed by atoms with Crippen molar-refractivity contribution in [2.75, 3.05) is 20.8 Å². The molecule has 1 aliphatic carbocycles. The quantitative estimate of drug-likeness (QED) is 0.828. The predicted octanol–water partition coefficient (Wildman–Crippen LogP) is 3.48. The Kier molecular flexibility index (Phi) is 5.43. The number of benzene rings is 2. The van der Waals surface area contributed by atoms with Crippen LogP contribution in [0, 0.1) is 11.3 Å². The number of hydrogen-bond donors (Lipinski definition) is 0. The van der Waals surface area contributed by atoms with E-state index in [-0.39, 0.29) is 18.6 Å². The number of carbonyl (C=O) groups excluding carboxylic acids is 1. The van der Waals surface area contributed by atoms with Gasteiger partial charge >= 0.3 is 0 Å². The smallest absolute Gasteiger partial charge is 0.260 e. The molecular weight excluding hydrogens is 328 g/mol. The van der Waals surface area contributed by atoms with Crippen molar-refractivity contribution in [2.24, 2.45) is 0 Å². The van der Waals surface area contributed by atoms with Gasteiger partial charge < -0.3 is 14.4 Å². The van der Waals surface area contributed by atoms with E-state index in [0.717, 1.165) is 19.3 Å². The standard InChI is InChI=1S/C21H22N2O3/c1-23(18-9-5-7-16-6-3-4-8-17(16)18)21(24)14-26-19-11-10-15(13-22)12-20(19)25-2/h3-4,6,8,10-12,18H,5,7,9,14H2,1-2H3/t18-/m1/s1. The van der Waals surface area contributed by atoms with Crippen molar-refractivity contribution in [3.05, 3.63) is 59.2 Å². The molecule has 0 heterocycles. The maximum atomic E-state index is 12.7.